The summed E-state index contributed by atoms with van der Waals surface area (Å²) in [6.45, 7) is 0. The number of nitrogens with one attached hydrogen (secondary N) is 1. The van der Waals surface area contributed by atoms with E-state index in [1.807, 2.05) is 30.3 Å². The number of alkyl halides is 3. The Labute approximate surface area is 127 Å². The minimum absolute atomic E-state index is 0.307. The Morgan fingerprint density at radius 2 is 1.81 bits per heavy atom. The Balaban J connectivity index is 2.09. The molecule has 0 aliphatic heterocycles. The van der Waals surface area contributed by atoms with Gasteiger partial charge in [0.25, 0.3) is 0 Å². The molecule has 0 amide bonds. The van der Waals surface area contributed by atoms with E-state index in [0.29, 0.717) is 10.0 Å². The van der Waals surface area contributed by atoms with E-state index in [0.717, 1.165) is 5.69 Å². The zero-order valence-corrected chi connectivity index (χ0v) is 12.1. The van der Waals surface area contributed by atoms with Gasteiger partial charge in [0.05, 0.1) is 11.9 Å². The van der Waals surface area contributed by atoms with Gasteiger partial charge in [-0.2, -0.15) is 5.10 Å². The van der Waals surface area contributed by atoms with Gasteiger partial charge in [-0.15, -0.1) is 13.2 Å². The van der Waals surface area contributed by atoms with Crippen LogP contribution in [0.4, 0.5) is 18.9 Å². The first-order valence-electron chi connectivity index (χ1n) is 5.83. The Morgan fingerprint density at radius 1 is 1.10 bits per heavy atom. The molecule has 110 valence electrons. The number of nitrogens with zero attached hydrogens (tertiary/aromatic N) is 1. The Hall–Kier alpha value is -2.02. The molecule has 0 aliphatic rings. The van der Waals surface area contributed by atoms with Crippen molar-refractivity contribution >= 4 is 27.8 Å². The Morgan fingerprint density at radius 3 is 2.48 bits per heavy atom. The number of halogens is 4. The van der Waals surface area contributed by atoms with Crippen molar-refractivity contribution in [3.8, 4) is 5.75 Å². The van der Waals surface area contributed by atoms with E-state index in [4.69, 9.17) is 0 Å². The zero-order chi connectivity index (χ0) is 15.3. The summed E-state index contributed by atoms with van der Waals surface area (Å²) in [7, 11) is 0. The molecule has 2 aromatic carbocycles. The maximum Gasteiger partial charge on any atom is 0.573 e. The molecule has 0 spiro atoms. The molecule has 0 saturated heterocycles. The van der Waals surface area contributed by atoms with Crippen molar-refractivity contribution in [3.63, 3.8) is 0 Å². The summed E-state index contributed by atoms with van der Waals surface area (Å²) in [5, 5.41) is 3.96. The molecule has 0 fully saturated rings. The van der Waals surface area contributed by atoms with Gasteiger partial charge in [-0.3, -0.25) is 5.43 Å². The van der Waals surface area contributed by atoms with E-state index in [1.54, 1.807) is 6.07 Å². The van der Waals surface area contributed by atoms with Crippen LogP contribution in [0.15, 0.2) is 58.1 Å². The van der Waals surface area contributed by atoms with Crippen molar-refractivity contribution in [2.24, 2.45) is 5.10 Å². The van der Waals surface area contributed by atoms with Gasteiger partial charge < -0.3 is 4.74 Å². The van der Waals surface area contributed by atoms with Gasteiger partial charge in [0.1, 0.15) is 5.75 Å². The summed E-state index contributed by atoms with van der Waals surface area (Å²) in [6, 6.07) is 13.3. The van der Waals surface area contributed by atoms with Crippen LogP contribution in [0.1, 0.15) is 5.56 Å². The summed E-state index contributed by atoms with van der Waals surface area (Å²) in [5.74, 6) is -0.307. The van der Waals surface area contributed by atoms with Crippen molar-refractivity contribution in [3.05, 3.63) is 58.6 Å². The third-order valence-corrected chi connectivity index (χ3v) is 2.77. The van der Waals surface area contributed by atoms with E-state index in [1.165, 1.54) is 18.3 Å². The van der Waals surface area contributed by atoms with Gasteiger partial charge in [-0.05, 0) is 35.9 Å². The summed E-state index contributed by atoms with van der Waals surface area (Å²) in [5.41, 5.74) is 4.01. The summed E-state index contributed by atoms with van der Waals surface area (Å²) >= 11 is 3.13. The fraction of sp³-hybridized carbons (Fsp3) is 0.0714. The maximum atomic E-state index is 12.2. The third-order valence-electron chi connectivity index (χ3n) is 2.31. The number of para-hydroxylation sites is 1. The number of benzene rings is 2. The van der Waals surface area contributed by atoms with E-state index in [2.05, 4.69) is 31.2 Å². The highest BCUT2D eigenvalue weighted by Crippen LogP contribution is 2.26. The molecule has 0 heterocycles. The van der Waals surface area contributed by atoms with Crippen molar-refractivity contribution in [1.29, 1.82) is 0 Å². The molecule has 0 aliphatic carbocycles. The number of hydrogen-bond acceptors (Lipinski definition) is 3. The lowest BCUT2D eigenvalue weighted by atomic mass is 10.2. The van der Waals surface area contributed by atoms with Crippen LogP contribution in [-0.4, -0.2) is 12.6 Å². The number of rotatable bonds is 4. The molecule has 0 radical (unpaired) electrons. The van der Waals surface area contributed by atoms with Gasteiger partial charge in [-0.25, -0.2) is 0 Å². The lowest BCUT2D eigenvalue weighted by Gasteiger charge is -2.09. The van der Waals surface area contributed by atoms with Crippen molar-refractivity contribution in [2.75, 3.05) is 5.43 Å². The predicted molar refractivity (Wildman–Crippen MR) is 78.5 cm³/mol. The predicted octanol–water partition coefficient (Wildman–Crippen LogP) is 4.79. The lowest BCUT2D eigenvalue weighted by Crippen LogP contribution is -2.17. The summed E-state index contributed by atoms with van der Waals surface area (Å²) in [6.07, 6.45) is -3.32. The molecule has 7 heteroatoms. The second-order valence-corrected chi connectivity index (χ2v) is 4.92. The zero-order valence-electron chi connectivity index (χ0n) is 10.6. The van der Waals surface area contributed by atoms with Crippen LogP contribution >= 0.6 is 15.9 Å². The van der Waals surface area contributed by atoms with Crippen LogP contribution in [0, 0.1) is 0 Å². The minimum atomic E-state index is -4.72. The van der Waals surface area contributed by atoms with E-state index in [-0.39, 0.29) is 5.75 Å². The lowest BCUT2D eigenvalue weighted by molar-refractivity contribution is -0.274. The maximum absolute atomic E-state index is 12.2. The molecule has 0 aromatic heterocycles. The van der Waals surface area contributed by atoms with Gasteiger partial charge >= 0.3 is 6.36 Å². The van der Waals surface area contributed by atoms with E-state index in [9.17, 15) is 13.2 Å². The highest BCUT2D eigenvalue weighted by molar-refractivity contribution is 9.10. The molecule has 0 unspecified atom stereocenters. The first-order chi connectivity index (χ1) is 9.92. The molecule has 1 N–H and O–H groups in total. The van der Waals surface area contributed by atoms with Crippen molar-refractivity contribution in [1.82, 2.24) is 0 Å². The van der Waals surface area contributed by atoms with Gasteiger partial charge in [0.2, 0.25) is 0 Å². The van der Waals surface area contributed by atoms with Crippen LogP contribution in [0.3, 0.4) is 0 Å². The number of ether oxygens (including phenoxy) is 1. The SMILES string of the molecule is FC(F)(F)Oc1cc(Br)cc(C=NNc2ccccc2)c1. The summed E-state index contributed by atoms with van der Waals surface area (Å²) < 4.78 is 40.9. The monoisotopic (exact) mass is 358 g/mol. The van der Waals surface area contributed by atoms with Crippen LogP contribution < -0.4 is 10.2 Å². The molecule has 0 saturated carbocycles. The molecule has 2 rings (SSSR count). The fourth-order valence-electron chi connectivity index (χ4n) is 1.55. The second kappa shape index (κ2) is 6.62. The smallest absolute Gasteiger partial charge is 0.406 e. The molecule has 21 heavy (non-hydrogen) atoms. The van der Waals surface area contributed by atoms with Crippen LogP contribution in [0.5, 0.6) is 5.75 Å². The van der Waals surface area contributed by atoms with Crippen LogP contribution in [0.25, 0.3) is 0 Å². The number of hydrogen-bond donors (Lipinski definition) is 1. The van der Waals surface area contributed by atoms with Crippen LogP contribution in [-0.2, 0) is 0 Å². The first kappa shape index (κ1) is 15.4. The quantitative estimate of drug-likeness (QED) is 0.629. The number of anilines is 1. The van der Waals surface area contributed by atoms with Gasteiger partial charge in [0, 0.05) is 4.47 Å². The highest BCUT2D eigenvalue weighted by atomic mass is 79.9. The second-order valence-electron chi connectivity index (χ2n) is 4.00. The van der Waals surface area contributed by atoms with Crippen molar-refractivity contribution in [2.45, 2.75) is 6.36 Å². The Kier molecular flexibility index (Phi) is 4.85. The average Bonchev–Trinajstić information content (AvgIpc) is 2.37. The summed E-state index contributed by atoms with van der Waals surface area (Å²) in [4.78, 5) is 0. The Bertz CT molecular complexity index is 630. The molecule has 2 aromatic rings. The topological polar surface area (TPSA) is 33.6 Å². The average molecular weight is 359 g/mol. The molecule has 3 nitrogen and oxygen atoms in total. The molecular formula is C14H10BrF3N2O. The third kappa shape index (κ3) is 5.47. The van der Waals surface area contributed by atoms with Gasteiger partial charge in [-0.1, -0.05) is 34.1 Å². The first-order valence-corrected chi connectivity index (χ1v) is 6.62. The van der Waals surface area contributed by atoms with Crippen molar-refractivity contribution < 1.29 is 17.9 Å². The van der Waals surface area contributed by atoms with Gasteiger partial charge in [0.15, 0.2) is 0 Å². The van der Waals surface area contributed by atoms with E-state index < -0.39 is 6.36 Å². The molecule has 0 atom stereocenters. The normalized spacial score (nSPS) is 11.6. The van der Waals surface area contributed by atoms with Crippen LogP contribution in [0.2, 0.25) is 0 Å². The highest BCUT2D eigenvalue weighted by Gasteiger charge is 2.31. The molecular weight excluding hydrogens is 349 g/mol. The minimum Gasteiger partial charge on any atom is -0.406 e. The molecule has 0 bridgehead atoms. The fourth-order valence-corrected chi connectivity index (χ4v) is 2.04. The van der Waals surface area contributed by atoms with E-state index >= 15 is 0 Å². The largest absolute Gasteiger partial charge is 0.573 e. The number of hydrazone groups is 1. The standard InChI is InChI=1S/C14H10BrF3N2O/c15-11-6-10(7-13(8-11)21-14(16,17)18)9-19-20-12-4-2-1-3-5-12/h1-9,20H.